The van der Waals surface area contributed by atoms with Gasteiger partial charge in [-0.1, -0.05) is 68.1 Å². The number of piperidine rings is 4. The summed E-state index contributed by atoms with van der Waals surface area (Å²) in [7, 11) is -1.64. The number of aliphatic hydroxyl groups is 3. The Morgan fingerprint density at radius 3 is 1.19 bits per heavy atom. The number of halogens is 1. The average Bonchev–Trinajstić information content (AvgIpc) is 1.39. The van der Waals surface area contributed by atoms with Crippen LogP contribution in [0, 0.1) is 25.2 Å². The van der Waals surface area contributed by atoms with Gasteiger partial charge in [0.15, 0.2) is 0 Å². The van der Waals surface area contributed by atoms with Crippen molar-refractivity contribution in [1.29, 1.82) is 0 Å². The third-order valence-electron chi connectivity index (χ3n) is 16.9. The fourth-order valence-electron chi connectivity index (χ4n) is 12.7. The molecule has 8 aliphatic rings. The largest absolute Gasteiger partial charge is 1.00 e. The second kappa shape index (κ2) is 44.6. The van der Waals surface area contributed by atoms with Crippen molar-refractivity contribution in [3.05, 3.63) is 60.7 Å². The van der Waals surface area contributed by atoms with Crippen LogP contribution < -0.4 is 40.5 Å². The van der Waals surface area contributed by atoms with E-state index in [0.717, 1.165) is 57.6 Å². The van der Waals surface area contributed by atoms with Gasteiger partial charge >= 0.3 is 43.8 Å². The first-order valence-electron chi connectivity index (χ1n) is 32.8. The molecule has 0 bridgehead atoms. The Labute approximate surface area is 606 Å². The third-order valence-corrected chi connectivity index (χ3v) is 17.3. The fourth-order valence-corrected chi connectivity index (χ4v) is 12.8. The van der Waals surface area contributed by atoms with Gasteiger partial charge in [-0.2, -0.15) is 20.3 Å². The van der Waals surface area contributed by atoms with E-state index in [9.17, 15) is 31.0 Å². The fraction of sp³-hybridized carbons (Fsp3) is 0.771. The number of aliphatic hydroxyl groups excluding tert-OH is 3. The molecule has 0 aromatic heterocycles. The first-order chi connectivity index (χ1) is 43.2. The van der Waals surface area contributed by atoms with Crippen LogP contribution >= 0.6 is 11.6 Å². The van der Waals surface area contributed by atoms with E-state index in [-0.39, 0.29) is 138 Å². The van der Waals surface area contributed by atoms with Crippen LogP contribution in [0.3, 0.4) is 0 Å². The van der Waals surface area contributed by atoms with Crippen molar-refractivity contribution in [2.24, 2.45) is 0 Å². The van der Waals surface area contributed by atoms with E-state index < -0.39 is 13.2 Å². The molecule has 0 aliphatic carbocycles. The molecule has 2 aromatic carbocycles. The molecule has 0 saturated carbocycles. The number of hydroxylamine groups is 8. The van der Waals surface area contributed by atoms with Crippen molar-refractivity contribution in [1.82, 2.24) is 20.3 Å². The maximum absolute atomic E-state index is 10.4. The molecule has 4 unspecified atom stereocenters. The molecule has 22 nitrogen and oxygen atoms in total. The van der Waals surface area contributed by atoms with Gasteiger partial charge in [0, 0.05) is 57.5 Å². The van der Waals surface area contributed by atoms with Crippen molar-refractivity contribution in [2.75, 3.05) is 65.3 Å². The van der Waals surface area contributed by atoms with Gasteiger partial charge in [0.25, 0.3) is 0 Å². The zero-order chi connectivity index (χ0) is 70.8. The predicted octanol–water partition coefficient (Wildman–Crippen LogP) is 5.33. The van der Waals surface area contributed by atoms with Gasteiger partial charge in [-0.05, 0) is 193 Å². The number of alkyl halides is 1. The number of nitrogens with zero attached hydrogens (tertiary/aromatic N) is 4. The molecular formula is C70H126B2ClN4NaO18. The Hall–Kier alpha value is -1.90. The van der Waals surface area contributed by atoms with Crippen molar-refractivity contribution >= 4 is 36.8 Å². The summed E-state index contributed by atoms with van der Waals surface area (Å²) in [5.74, 6) is 2.92. The second-order valence-corrected chi connectivity index (χ2v) is 30.3. The summed E-state index contributed by atoms with van der Waals surface area (Å²) in [6.45, 7) is 39.0. The summed E-state index contributed by atoms with van der Waals surface area (Å²) in [5, 5.41) is 90.8. The van der Waals surface area contributed by atoms with Gasteiger partial charge < -0.3 is 89.4 Å². The number of ether oxygens (including phenoxy) is 6. The summed E-state index contributed by atoms with van der Waals surface area (Å²) in [6.07, 6.45) is 21.0. The Balaban J connectivity index is 0. The van der Waals surface area contributed by atoms with Crippen molar-refractivity contribution in [2.45, 2.75) is 282 Å². The van der Waals surface area contributed by atoms with Crippen molar-refractivity contribution < 1.29 is 119 Å². The molecule has 8 saturated heterocycles. The normalized spacial score (nSPS) is 25.1. The number of terminal acetylenes is 2. The molecule has 96 heavy (non-hydrogen) atoms. The molecule has 0 amide bonds. The van der Waals surface area contributed by atoms with Crippen LogP contribution in [0.15, 0.2) is 60.7 Å². The van der Waals surface area contributed by atoms with E-state index in [0.29, 0.717) is 69.1 Å². The van der Waals surface area contributed by atoms with Crippen LogP contribution in [0.25, 0.3) is 0 Å². The standard InChI is InChI=1S/C18H28BNO4.C12H25NO4.C12H23NO3.C9H19NO2.C6H7BO2.C4H8O.C3H5ClO.C3H4.C2H2.CH4.Na.H2O/c1-17(2)10-15(11-18(3,4)20(17)21)22-12-16-13-23-19(24-16)14-8-6-5-7-9-14;1-11(2)5-10(17-8-9(15)7-14)6-12(3,4)13(11)16;1-11(2)5-9(15-7-10-8-16-10)6-12(3,4)13(11)14;1-8(2)5-7(11)6-9(3,4)10(8)12;8-7(9)6-4-2-1-3-5-6;1-2-4-5-3-1;4-1-3-2-5-3;1-3-2;1-2;;;/h5-9,15-16,21H,10-13H2,1-4H3;9-10,14-16H,5-8H2,1-4H3;9-10,14H,5-8H2,1-4H3;7,11-12H,5-6H2,1-4H3;1-5,8-9H;1-4H2;3H,1-2H2;1H,2H3;1-2H;1H4;;1H2/q;;;;;;;;;;+1;/p-1. The van der Waals surface area contributed by atoms with Crippen LogP contribution in [0.1, 0.15) is 189 Å². The SMILES string of the molecule is C.C#C.C#CC.C1CCOC1.CC1(C)CC(O)CC(C)(C)N1O.CC1(C)CC(OCC(O)CO)CC(C)(C)N1O.CC1(C)CC(OCC2CO2)CC(C)(C)N1O.CC1(C)CC(OCC2COB(c3ccccc3)O2)CC(C)(C)N1O.ClCC1CO1.OB(O)c1ccccc1.[Na+].[OH-]. The van der Waals surface area contributed by atoms with Crippen molar-refractivity contribution in [3.8, 4) is 25.2 Å². The molecule has 0 spiro atoms. The van der Waals surface area contributed by atoms with E-state index in [2.05, 4.69) is 52.9 Å². The molecule has 10 rings (SSSR count). The summed E-state index contributed by atoms with van der Waals surface area (Å²) in [6, 6.07) is 18.6. The number of benzene rings is 2. The first-order valence-corrected chi connectivity index (χ1v) is 33.3. The van der Waals surface area contributed by atoms with Crippen LogP contribution in [0.4, 0.5) is 0 Å². The maximum Gasteiger partial charge on any atom is 1.00 e. The van der Waals surface area contributed by atoms with E-state index in [1.54, 1.807) is 31.2 Å². The zero-order valence-electron chi connectivity index (χ0n) is 60.8. The van der Waals surface area contributed by atoms with Gasteiger partial charge in [0.1, 0.15) is 12.2 Å². The van der Waals surface area contributed by atoms with Crippen LogP contribution in [0.5, 0.6) is 0 Å². The molecule has 10 N–H and O–H groups in total. The topological polar surface area (TPSA) is 305 Å². The summed E-state index contributed by atoms with van der Waals surface area (Å²) < 4.78 is 44.1. The molecule has 8 fully saturated rings. The van der Waals surface area contributed by atoms with Crippen LogP contribution in [0.2, 0.25) is 0 Å². The minimum atomic E-state index is -1.34. The summed E-state index contributed by atoms with van der Waals surface area (Å²) >= 11 is 5.27. The number of rotatable bonds is 13. The van der Waals surface area contributed by atoms with Gasteiger partial charge in [-0.25, -0.2) is 0 Å². The minimum absolute atomic E-state index is 0. The molecule has 26 heteroatoms. The van der Waals surface area contributed by atoms with E-state index in [1.165, 1.54) is 33.1 Å². The smallest absolute Gasteiger partial charge is 0.870 e. The molecule has 2 aromatic rings. The van der Waals surface area contributed by atoms with E-state index >= 15 is 0 Å². The van der Waals surface area contributed by atoms with E-state index in [1.807, 2.05) is 119 Å². The summed E-state index contributed by atoms with van der Waals surface area (Å²) in [4.78, 5) is 0. The molecule has 8 aliphatic heterocycles. The Morgan fingerprint density at radius 2 is 0.906 bits per heavy atom. The van der Waals surface area contributed by atoms with Crippen LogP contribution in [-0.4, -0.2) is 245 Å². The van der Waals surface area contributed by atoms with E-state index in [4.69, 9.17) is 64.5 Å². The molecule has 8 heterocycles. The van der Waals surface area contributed by atoms with Gasteiger partial charge in [-0.15, -0.1) is 36.8 Å². The Kier molecular flexibility index (Phi) is 44.6. The number of hydrogen-bond donors (Lipinski definition) is 9. The summed E-state index contributed by atoms with van der Waals surface area (Å²) in [5.41, 5.74) is -0.824. The number of epoxide rings is 2. The van der Waals surface area contributed by atoms with Crippen LogP contribution in [-0.2, 0) is 37.7 Å². The number of hydrogen-bond acceptors (Lipinski definition) is 22. The first kappa shape index (κ1) is 96.2. The average molecular weight is 1390 g/mol. The minimum Gasteiger partial charge on any atom is -0.870 e. The molecular weight excluding hydrogens is 1260 g/mol. The Morgan fingerprint density at radius 1 is 0.583 bits per heavy atom. The zero-order valence-corrected chi connectivity index (χ0v) is 63.6. The van der Waals surface area contributed by atoms with Gasteiger partial charge in [-0.3, -0.25) is 0 Å². The van der Waals surface area contributed by atoms with Crippen molar-refractivity contribution in [3.63, 3.8) is 0 Å². The monoisotopic (exact) mass is 1390 g/mol. The third kappa shape index (κ3) is 34.4. The van der Waals surface area contributed by atoms with Gasteiger partial charge in [0.2, 0.25) is 0 Å². The molecule has 0 radical (unpaired) electrons. The maximum atomic E-state index is 10.4. The second-order valence-electron chi connectivity index (χ2n) is 30.0. The predicted molar refractivity (Wildman–Crippen MR) is 375 cm³/mol. The quantitative estimate of drug-likeness (QED) is 0.0530. The molecule has 548 valence electrons. The van der Waals surface area contributed by atoms with Gasteiger partial charge in [0.05, 0.1) is 88.8 Å². The molecule has 4 atom stereocenters. The Bertz CT molecular complexity index is 2340.